The minimum absolute atomic E-state index is 0.0166. The van der Waals surface area contributed by atoms with E-state index in [2.05, 4.69) is 15.0 Å². The molecule has 1 atom stereocenters. The third-order valence-electron chi connectivity index (χ3n) is 4.15. The first-order chi connectivity index (χ1) is 12.1. The highest BCUT2D eigenvalue weighted by molar-refractivity contribution is 7.89. The maximum atomic E-state index is 12.0. The van der Waals surface area contributed by atoms with Crippen LogP contribution in [0.15, 0.2) is 40.0 Å². The number of sulfonamides is 1. The lowest BCUT2D eigenvalue weighted by atomic mass is 10.1. The molecular weight excluding hydrogens is 374 g/mol. The highest BCUT2D eigenvalue weighted by Gasteiger charge is 2.16. The van der Waals surface area contributed by atoms with Crippen molar-refractivity contribution in [3.8, 4) is 0 Å². The van der Waals surface area contributed by atoms with Crippen LogP contribution in [0.1, 0.15) is 29.2 Å². The molecule has 26 heavy (non-hydrogen) atoms. The van der Waals surface area contributed by atoms with Crippen LogP contribution in [0.2, 0.25) is 0 Å². The SMILES string of the molecule is Cc1cc(=O)n2nc(CN(C)[C@H](C)c3ccc(S(N)(=O)=O)cc3)sc2n1. The summed E-state index contributed by atoms with van der Waals surface area (Å²) in [6.07, 6.45) is 0. The summed E-state index contributed by atoms with van der Waals surface area (Å²) in [6.45, 7) is 4.32. The predicted octanol–water partition coefficient (Wildman–Crippen LogP) is 1.30. The minimum atomic E-state index is -3.70. The van der Waals surface area contributed by atoms with Crippen LogP contribution in [0, 0.1) is 6.92 Å². The molecule has 3 rings (SSSR count). The van der Waals surface area contributed by atoms with Crippen LogP contribution in [-0.2, 0) is 16.6 Å². The number of benzene rings is 1. The summed E-state index contributed by atoms with van der Waals surface area (Å²) in [4.78, 5) is 19.0. The van der Waals surface area contributed by atoms with Crippen molar-refractivity contribution in [3.63, 3.8) is 0 Å². The molecular formula is C16H19N5O3S2. The molecule has 0 aliphatic rings. The summed E-state index contributed by atoms with van der Waals surface area (Å²) in [6, 6.07) is 7.96. The molecule has 138 valence electrons. The first-order valence-corrected chi connectivity index (χ1v) is 10.2. The van der Waals surface area contributed by atoms with Crippen LogP contribution >= 0.6 is 11.3 Å². The Bertz CT molecular complexity index is 1100. The van der Waals surface area contributed by atoms with Crippen LogP contribution in [0.5, 0.6) is 0 Å². The van der Waals surface area contributed by atoms with Crippen LogP contribution in [0.3, 0.4) is 0 Å². The van der Waals surface area contributed by atoms with Crippen molar-refractivity contribution in [2.24, 2.45) is 5.14 Å². The van der Waals surface area contributed by atoms with Crippen LogP contribution in [-0.4, -0.2) is 35.0 Å². The van der Waals surface area contributed by atoms with Gasteiger partial charge >= 0.3 is 0 Å². The number of nitrogens with two attached hydrogens (primary N) is 1. The average molecular weight is 393 g/mol. The molecule has 0 spiro atoms. The Hall–Kier alpha value is -2.14. The zero-order valence-corrected chi connectivity index (χ0v) is 16.2. The molecule has 1 aromatic carbocycles. The maximum absolute atomic E-state index is 12.0. The molecule has 10 heteroatoms. The fourth-order valence-electron chi connectivity index (χ4n) is 2.56. The van der Waals surface area contributed by atoms with E-state index < -0.39 is 10.0 Å². The van der Waals surface area contributed by atoms with Crippen LogP contribution < -0.4 is 10.7 Å². The van der Waals surface area contributed by atoms with E-state index >= 15 is 0 Å². The zero-order valence-electron chi connectivity index (χ0n) is 14.6. The monoisotopic (exact) mass is 393 g/mol. The van der Waals surface area contributed by atoms with Gasteiger partial charge in [-0.15, -0.1) is 0 Å². The van der Waals surface area contributed by atoms with E-state index in [9.17, 15) is 13.2 Å². The van der Waals surface area contributed by atoms with Crippen molar-refractivity contribution >= 4 is 26.3 Å². The first-order valence-electron chi connectivity index (χ1n) is 7.84. The van der Waals surface area contributed by atoms with Gasteiger partial charge < -0.3 is 0 Å². The quantitative estimate of drug-likeness (QED) is 0.699. The lowest BCUT2D eigenvalue weighted by molar-refractivity contribution is 0.252. The van der Waals surface area contributed by atoms with Gasteiger partial charge in [0.05, 0.1) is 11.4 Å². The van der Waals surface area contributed by atoms with Gasteiger partial charge in [-0.3, -0.25) is 9.69 Å². The summed E-state index contributed by atoms with van der Waals surface area (Å²) in [5.74, 6) is 0. The Kier molecular flexibility index (Phi) is 4.93. The van der Waals surface area contributed by atoms with Crippen molar-refractivity contribution < 1.29 is 8.42 Å². The molecule has 0 unspecified atom stereocenters. The Morgan fingerprint density at radius 1 is 1.31 bits per heavy atom. The lowest BCUT2D eigenvalue weighted by Crippen LogP contribution is -2.22. The fourth-order valence-corrected chi connectivity index (χ4v) is 4.09. The minimum Gasteiger partial charge on any atom is -0.293 e. The third-order valence-corrected chi connectivity index (χ3v) is 5.97. The Morgan fingerprint density at radius 3 is 2.58 bits per heavy atom. The number of rotatable bonds is 5. The number of fused-ring (bicyclic) bond motifs is 1. The number of aromatic nitrogens is 3. The standard InChI is InChI=1S/C16H19N5O3S2/c1-10-8-15(22)21-16(18-10)25-14(19-21)9-20(3)11(2)12-4-6-13(7-5-12)26(17,23)24/h4-8,11H,9H2,1-3H3,(H2,17,23,24)/t11-/m1/s1. The number of primary sulfonamides is 1. The Balaban J connectivity index is 1.80. The van der Waals surface area contributed by atoms with Crippen molar-refractivity contribution in [2.75, 3.05) is 7.05 Å². The summed E-state index contributed by atoms with van der Waals surface area (Å²) < 4.78 is 24.0. The molecule has 0 aliphatic heterocycles. The van der Waals surface area contributed by atoms with Gasteiger partial charge in [0, 0.05) is 17.8 Å². The van der Waals surface area contributed by atoms with E-state index in [0.717, 1.165) is 10.6 Å². The number of aryl methyl sites for hydroxylation is 1. The van der Waals surface area contributed by atoms with Crippen molar-refractivity contribution in [1.82, 2.24) is 19.5 Å². The molecule has 0 saturated heterocycles. The molecule has 0 saturated carbocycles. The normalized spacial score (nSPS) is 13.4. The van der Waals surface area contributed by atoms with Gasteiger partial charge in [0.25, 0.3) is 5.56 Å². The van der Waals surface area contributed by atoms with Gasteiger partial charge in [-0.05, 0) is 38.6 Å². The van der Waals surface area contributed by atoms with E-state index in [1.54, 1.807) is 19.1 Å². The summed E-state index contributed by atoms with van der Waals surface area (Å²) in [7, 11) is -1.76. The second-order valence-corrected chi connectivity index (χ2v) is 8.73. The lowest BCUT2D eigenvalue weighted by Gasteiger charge is -2.24. The Labute approximate surface area is 155 Å². The molecule has 0 aliphatic carbocycles. The van der Waals surface area contributed by atoms with Gasteiger partial charge in [-0.2, -0.15) is 9.61 Å². The van der Waals surface area contributed by atoms with Gasteiger partial charge in [-0.25, -0.2) is 18.5 Å². The molecule has 0 fully saturated rings. The van der Waals surface area contributed by atoms with Crippen LogP contribution in [0.25, 0.3) is 4.96 Å². The topological polar surface area (TPSA) is 111 Å². The van der Waals surface area contributed by atoms with Gasteiger partial charge in [0.1, 0.15) is 5.01 Å². The van der Waals surface area contributed by atoms with Gasteiger partial charge in [-0.1, -0.05) is 23.5 Å². The second-order valence-electron chi connectivity index (χ2n) is 6.13. The molecule has 0 radical (unpaired) electrons. The molecule has 2 heterocycles. The second kappa shape index (κ2) is 6.88. The van der Waals surface area contributed by atoms with Gasteiger partial charge in [0.2, 0.25) is 15.0 Å². The highest BCUT2D eigenvalue weighted by Crippen LogP contribution is 2.23. The predicted molar refractivity (Wildman–Crippen MR) is 99.6 cm³/mol. The number of nitrogens with zero attached hydrogens (tertiary/aromatic N) is 4. The maximum Gasteiger partial charge on any atom is 0.275 e. The van der Waals surface area contributed by atoms with E-state index in [-0.39, 0.29) is 16.5 Å². The molecule has 0 amide bonds. The summed E-state index contributed by atoms with van der Waals surface area (Å²) in [5.41, 5.74) is 1.43. The summed E-state index contributed by atoms with van der Waals surface area (Å²) in [5, 5.41) is 10.2. The number of hydrogen-bond donors (Lipinski definition) is 1. The first kappa shape index (κ1) is 18.6. The largest absolute Gasteiger partial charge is 0.293 e. The molecule has 0 bridgehead atoms. The molecule has 8 nitrogen and oxygen atoms in total. The van der Waals surface area contributed by atoms with Crippen molar-refractivity contribution in [1.29, 1.82) is 0 Å². The van der Waals surface area contributed by atoms with Crippen LogP contribution in [0.4, 0.5) is 0 Å². The highest BCUT2D eigenvalue weighted by atomic mass is 32.2. The smallest absolute Gasteiger partial charge is 0.275 e. The molecule has 2 aromatic heterocycles. The van der Waals surface area contributed by atoms with E-state index in [1.807, 2.05) is 14.0 Å². The fraction of sp³-hybridized carbons (Fsp3) is 0.312. The van der Waals surface area contributed by atoms with E-state index in [1.165, 1.54) is 34.1 Å². The Morgan fingerprint density at radius 2 is 1.96 bits per heavy atom. The van der Waals surface area contributed by atoms with E-state index in [0.29, 0.717) is 17.2 Å². The van der Waals surface area contributed by atoms with Gasteiger partial charge in [0.15, 0.2) is 0 Å². The summed E-state index contributed by atoms with van der Waals surface area (Å²) >= 11 is 1.38. The zero-order chi connectivity index (χ0) is 19.1. The van der Waals surface area contributed by atoms with E-state index in [4.69, 9.17) is 5.14 Å². The third kappa shape index (κ3) is 3.83. The number of hydrogen-bond acceptors (Lipinski definition) is 7. The molecule has 3 aromatic rings. The van der Waals surface area contributed by atoms with Crippen molar-refractivity contribution in [2.45, 2.75) is 31.3 Å². The van der Waals surface area contributed by atoms with Crippen molar-refractivity contribution in [3.05, 3.63) is 57.0 Å². The average Bonchev–Trinajstić information content (AvgIpc) is 2.96. The molecule has 2 N–H and O–H groups in total.